The maximum atomic E-state index is 13.3. The smallest absolute Gasteiger partial charge is 0.268 e. The Morgan fingerprint density at radius 3 is 2.10 bits per heavy atom. The van der Waals surface area contributed by atoms with Gasteiger partial charge in [0.25, 0.3) is 17.5 Å². The number of anilines is 1. The largest absolute Gasteiger partial charge is 0.282 e. The van der Waals surface area contributed by atoms with Crippen LogP contribution in [-0.2, 0) is 0 Å². The van der Waals surface area contributed by atoms with Crippen LogP contribution < -0.4 is 4.90 Å². The van der Waals surface area contributed by atoms with Crippen molar-refractivity contribution < 1.29 is 14.5 Å². The molecule has 6 nitrogen and oxygen atoms in total. The van der Waals surface area contributed by atoms with Crippen molar-refractivity contribution in [1.29, 1.82) is 0 Å². The van der Waals surface area contributed by atoms with Crippen LogP contribution in [0.3, 0.4) is 0 Å². The number of benzene rings is 4. The molecule has 0 fully saturated rings. The van der Waals surface area contributed by atoms with Crippen LogP contribution in [0.5, 0.6) is 0 Å². The van der Waals surface area contributed by atoms with Gasteiger partial charge in [-0.2, -0.15) is 0 Å². The minimum absolute atomic E-state index is 0.0557. The van der Waals surface area contributed by atoms with Crippen molar-refractivity contribution in [3.8, 4) is 11.1 Å². The number of rotatable bonds is 3. The minimum Gasteiger partial charge on any atom is -0.268 e. The number of hydrogen-bond acceptors (Lipinski definition) is 4. The van der Waals surface area contributed by atoms with E-state index in [-0.39, 0.29) is 16.8 Å². The maximum Gasteiger partial charge on any atom is 0.282 e. The van der Waals surface area contributed by atoms with E-state index in [9.17, 15) is 19.7 Å². The minimum atomic E-state index is -0.691. The predicted octanol–water partition coefficient (Wildman–Crippen LogP) is 5.22. The molecular weight excluding hydrogens is 380 g/mol. The van der Waals surface area contributed by atoms with Gasteiger partial charge in [0.1, 0.15) is 5.56 Å². The first-order valence-electron chi connectivity index (χ1n) is 9.30. The van der Waals surface area contributed by atoms with Crippen molar-refractivity contribution in [2.75, 3.05) is 4.90 Å². The van der Waals surface area contributed by atoms with E-state index < -0.39 is 16.7 Å². The molecule has 5 rings (SSSR count). The molecule has 30 heavy (non-hydrogen) atoms. The number of imide groups is 1. The summed E-state index contributed by atoms with van der Waals surface area (Å²) in [7, 11) is 0. The van der Waals surface area contributed by atoms with Crippen LogP contribution in [0.4, 0.5) is 11.4 Å². The Balaban J connectivity index is 1.66. The number of amides is 2. The highest BCUT2D eigenvalue weighted by Gasteiger charge is 2.38. The van der Waals surface area contributed by atoms with Crippen molar-refractivity contribution in [3.63, 3.8) is 0 Å². The second-order valence-electron chi connectivity index (χ2n) is 6.98. The lowest BCUT2D eigenvalue weighted by atomic mass is 9.92. The summed E-state index contributed by atoms with van der Waals surface area (Å²) in [5.41, 5.74) is 2.22. The maximum absolute atomic E-state index is 13.3. The van der Waals surface area contributed by atoms with Gasteiger partial charge in [-0.15, -0.1) is 0 Å². The number of nitro groups is 1. The molecule has 1 heterocycles. The van der Waals surface area contributed by atoms with Gasteiger partial charge in [-0.25, -0.2) is 4.90 Å². The Labute approximate surface area is 171 Å². The summed E-state index contributed by atoms with van der Waals surface area (Å²) >= 11 is 0. The van der Waals surface area contributed by atoms with Crippen LogP contribution in [-0.4, -0.2) is 16.7 Å². The third-order valence-electron chi connectivity index (χ3n) is 5.30. The zero-order valence-corrected chi connectivity index (χ0v) is 15.6. The molecular formula is C24H14N2O4. The quantitative estimate of drug-likeness (QED) is 0.271. The van der Waals surface area contributed by atoms with Crippen LogP contribution in [0.1, 0.15) is 20.7 Å². The summed E-state index contributed by atoms with van der Waals surface area (Å²) in [6.07, 6.45) is 0. The van der Waals surface area contributed by atoms with Gasteiger partial charge in [-0.3, -0.25) is 19.7 Å². The number of nitro benzene ring substituents is 1. The van der Waals surface area contributed by atoms with Crippen LogP contribution in [0.2, 0.25) is 0 Å². The normalized spacial score (nSPS) is 13.0. The first kappa shape index (κ1) is 17.8. The van der Waals surface area contributed by atoms with Crippen molar-refractivity contribution in [2.45, 2.75) is 0 Å². The number of hydrogen-bond donors (Lipinski definition) is 0. The molecule has 0 saturated carbocycles. The van der Waals surface area contributed by atoms with E-state index in [4.69, 9.17) is 0 Å². The molecule has 0 saturated heterocycles. The Hall–Kier alpha value is -4.32. The molecule has 4 aromatic rings. The van der Waals surface area contributed by atoms with Gasteiger partial charge in [-0.1, -0.05) is 54.6 Å². The monoisotopic (exact) mass is 394 g/mol. The summed E-state index contributed by atoms with van der Waals surface area (Å²) in [5, 5.41) is 12.5. The summed E-state index contributed by atoms with van der Waals surface area (Å²) < 4.78 is 0. The molecule has 2 amide bonds. The SMILES string of the molecule is O=C1c2cccc3ccc([N+](=O)[O-])c(c23)C(=O)N1c1ccc(-c2ccccc2)cc1. The average molecular weight is 394 g/mol. The molecule has 0 aliphatic carbocycles. The molecule has 144 valence electrons. The topological polar surface area (TPSA) is 80.5 Å². The Kier molecular flexibility index (Phi) is 3.93. The lowest BCUT2D eigenvalue weighted by Gasteiger charge is -2.27. The third-order valence-corrected chi connectivity index (χ3v) is 5.30. The fraction of sp³-hybridized carbons (Fsp3) is 0. The molecule has 0 N–H and O–H groups in total. The summed E-state index contributed by atoms with van der Waals surface area (Å²) in [5.74, 6) is -1.19. The Morgan fingerprint density at radius 1 is 0.700 bits per heavy atom. The van der Waals surface area contributed by atoms with E-state index >= 15 is 0 Å². The second kappa shape index (κ2) is 6.63. The summed E-state index contributed by atoms with van der Waals surface area (Å²) in [6, 6.07) is 24.6. The van der Waals surface area contributed by atoms with E-state index in [0.717, 1.165) is 16.0 Å². The van der Waals surface area contributed by atoms with Gasteiger partial charge in [0.05, 0.1) is 10.6 Å². The predicted molar refractivity (Wildman–Crippen MR) is 114 cm³/mol. The Morgan fingerprint density at radius 2 is 1.40 bits per heavy atom. The molecule has 0 aromatic heterocycles. The van der Waals surface area contributed by atoms with Crippen molar-refractivity contribution in [2.24, 2.45) is 0 Å². The van der Waals surface area contributed by atoms with E-state index in [1.165, 1.54) is 6.07 Å². The zero-order valence-electron chi connectivity index (χ0n) is 15.6. The third kappa shape index (κ3) is 2.58. The van der Waals surface area contributed by atoms with E-state index in [1.54, 1.807) is 36.4 Å². The van der Waals surface area contributed by atoms with Crippen molar-refractivity contribution in [1.82, 2.24) is 0 Å². The standard InChI is InChI=1S/C24H14N2O4/c27-23-19-8-4-7-17-11-14-20(26(29)30)22(21(17)19)24(28)25(23)18-12-9-16(10-13-18)15-5-2-1-3-6-15/h1-14H. The van der Waals surface area contributed by atoms with Gasteiger partial charge in [0, 0.05) is 17.0 Å². The number of nitrogens with zero attached hydrogens (tertiary/aromatic N) is 2. The van der Waals surface area contributed by atoms with Crippen molar-refractivity contribution in [3.05, 3.63) is 106 Å². The summed E-state index contributed by atoms with van der Waals surface area (Å²) in [4.78, 5) is 38.5. The molecule has 0 radical (unpaired) electrons. The van der Waals surface area contributed by atoms with Gasteiger partial charge in [0.15, 0.2) is 0 Å². The summed E-state index contributed by atoms with van der Waals surface area (Å²) in [6.45, 7) is 0. The first-order chi connectivity index (χ1) is 14.6. The molecule has 6 heteroatoms. The fourth-order valence-electron chi connectivity index (χ4n) is 3.91. The molecule has 4 aromatic carbocycles. The average Bonchev–Trinajstić information content (AvgIpc) is 2.78. The number of carbonyl (C=O) groups is 2. The molecule has 1 aliphatic heterocycles. The first-order valence-corrected chi connectivity index (χ1v) is 9.30. The van der Waals surface area contributed by atoms with Gasteiger partial charge in [-0.05, 0) is 40.8 Å². The van der Waals surface area contributed by atoms with Gasteiger partial charge < -0.3 is 0 Å². The molecule has 0 unspecified atom stereocenters. The number of carbonyl (C=O) groups excluding carboxylic acids is 2. The molecule has 0 spiro atoms. The van der Waals surface area contributed by atoms with Crippen LogP contribution in [0.15, 0.2) is 84.9 Å². The highest BCUT2D eigenvalue weighted by Crippen LogP contribution is 2.37. The lowest BCUT2D eigenvalue weighted by Crippen LogP contribution is -2.40. The Bertz CT molecular complexity index is 1350. The van der Waals surface area contributed by atoms with Gasteiger partial charge in [0.2, 0.25) is 0 Å². The van der Waals surface area contributed by atoms with E-state index in [1.807, 2.05) is 42.5 Å². The molecule has 1 aliphatic rings. The lowest BCUT2D eigenvalue weighted by molar-refractivity contribution is -0.385. The second-order valence-corrected chi connectivity index (χ2v) is 6.98. The van der Waals surface area contributed by atoms with Crippen molar-refractivity contribution >= 4 is 34.0 Å². The van der Waals surface area contributed by atoms with E-state index in [0.29, 0.717) is 16.5 Å². The van der Waals surface area contributed by atoms with Crippen LogP contribution in [0.25, 0.3) is 21.9 Å². The fourth-order valence-corrected chi connectivity index (χ4v) is 3.91. The highest BCUT2D eigenvalue weighted by molar-refractivity contribution is 6.37. The van der Waals surface area contributed by atoms with Crippen LogP contribution in [0, 0.1) is 10.1 Å². The van der Waals surface area contributed by atoms with Gasteiger partial charge >= 0.3 is 0 Å². The molecule has 0 bridgehead atoms. The highest BCUT2D eigenvalue weighted by atomic mass is 16.6. The zero-order chi connectivity index (χ0) is 20.8. The molecule has 0 atom stereocenters. The van der Waals surface area contributed by atoms with Crippen LogP contribution >= 0.6 is 0 Å². The van der Waals surface area contributed by atoms with E-state index in [2.05, 4.69) is 0 Å².